The van der Waals surface area contributed by atoms with Crippen molar-refractivity contribution < 1.29 is 57.1 Å². The van der Waals surface area contributed by atoms with Crippen LogP contribution in [0.2, 0.25) is 0 Å². The van der Waals surface area contributed by atoms with Crippen LogP contribution >= 0.6 is 0 Å². The van der Waals surface area contributed by atoms with Crippen LogP contribution in [0, 0.1) is 0 Å². The molecule has 4 aromatic rings. The number of hydrogen-bond acceptors (Lipinski definition) is 16. The summed E-state index contributed by atoms with van der Waals surface area (Å²) in [5, 5.41) is 0. The first-order chi connectivity index (χ1) is 30.3. The molecule has 1 aliphatic rings. The van der Waals surface area contributed by atoms with Crippen molar-refractivity contribution in [3.05, 3.63) is 110 Å². The van der Waals surface area contributed by atoms with Gasteiger partial charge in [0.1, 0.15) is 0 Å². The van der Waals surface area contributed by atoms with E-state index in [0.717, 1.165) is 76.4 Å². The van der Waals surface area contributed by atoms with Crippen LogP contribution in [0.25, 0.3) is 22.8 Å². The van der Waals surface area contributed by atoms with Crippen LogP contribution in [0.3, 0.4) is 0 Å². The summed E-state index contributed by atoms with van der Waals surface area (Å²) in [6.45, 7) is 8.88. The molecular formula is C46H52N4O12. The average molecular weight is 853 g/mol. The summed E-state index contributed by atoms with van der Waals surface area (Å²) >= 11 is 0. The number of benzene rings is 2. The number of carbonyl (C=O) groups excluding carboxylic acids is 4. The Morgan fingerprint density at radius 3 is 1.21 bits per heavy atom. The smallest absolute Gasteiger partial charge is 0.340 e. The maximum Gasteiger partial charge on any atom is 0.340 e. The molecule has 0 saturated carbocycles. The number of hydrogen-bond donors (Lipinski definition) is 0. The van der Waals surface area contributed by atoms with Crippen molar-refractivity contribution in [2.75, 3.05) is 39.6 Å². The van der Waals surface area contributed by atoms with Crippen LogP contribution in [0.5, 0.6) is 11.5 Å². The van der Waals surface area contributed by atoms with Crippen molar-refractivity contribution in [3.8, 4) is 34.3 Å². The molecule has 3 heterocycles. The third-order valence-corrected chi connectivity index (χ3v) is 9.27. The molecule has 0 aliphatic carbocycles. The Morgan fingerprint density at radius 1 is 0.516 bits per heavy atom. The molecule has 0 bridgehead atoms. The normalized spacial score (nSPS) is 14.5. The molecule has 2 aromatic heterocycles. The first kappa shape index (κ1) is 46.5. The fraction of sp³-hybridized carbons (Fsp3) is 0.391. The fourth-order valence-corrected chi connectivity index (χ4v) is 5.91. The Balaban J connectivity index is 1.00. The van der Waals surface area contributed by atoms with Gasteiger partial charge in [0, 0.05) is 23.3 Å². The van der Waals surface area contributed by atoms with E-state index in [1.807, 2.05) is 0 Å². The lowest BCUT2D eigenvalue weighted by atomic mass is 10.1. The third kappa shape index (κ3) is 15.8. The van der Waals surface area contributed by atoms with E-state index < -0.39 is 36.5 Å². The van der Waals surface area contributed by atoms with Gasteiger partial charge < -0.3 is 37.9 Å². The minimum atomic E-state index is -1.29. The van der Waals surface area contributed by atoms with E-state index in [-0.39, 0.29) is 24.3 Å². The van der Waals surface area contributed by atoms with Crippen LogP contribution in [-0.4, -0.2) is 96.0 Å². The molecule has 1 saturated heterocycles. The monoisotopic (exact) mass is 852 g/mol. The maximum absolute atomic E-state index is 13.1. The van der Waals surface area contributed by atoms with Gasteiger partial charge in [0.25, 0.3) is 12.6 Å². The fourth-order valence-electron chi connectivity index (χ4n) is 5.91. The molecule has 0 N–H and O–H groups in total. The predicted molar refractivity (Wildman–Crippen MR) is 225 cm³/mol. The Bertz CT molecular complexity index is 1880. The SMILES string of the molecule is C=CC(=O)OCCCCCCCOc1cnc(-c2ccc(C(=O)OC3OCCOC3OC(=O)c3ccc(-c4ncc(OCCCCCCCOC(=O)C=C)cn4)cc3)cc2)nc1. The summed E-state index contributed by atoms with van der Waals surface area (Å²) in [5.74, 6) is -0.198. The quantitative estimate of drug-likeness (QED) is 0.0262. The van der Waals surface area contributed by atoms with E-state index in [4.69, 9.17) is 37.9 Å². The molecule has 16 nitrogen and oxygen atoms in total. The molecule has 2 unspecified atom stereocenters. The highest BCUT2D eigenvalue weighted by Crippen LogP contribution is 2.23. The number of nitrogens with zero attached hydrogens (tertiary/aromatic N) is 4. The Kier molecular flexibility index (Phi) is 19.5. The zero-order valence-corrected chi connectivity index (χ0v) is 34.7. The third-order valence-electron chi connectivity index (χ3n) is 9.27. The Labute approximate surface area is 360 Å². The molecule has 2 atom stereocenters. The van der Waals surface area contributed by atoms with Gasteiger partial charge in [-0.25, -0.2) is 39.1 Å². The number of ether oxygens (including phenoxy) is 8. The first-order valence-electron chi connectivity index (χ1n) is 20.7. The lowest BCUT2D eigenvalue weighted by molar-refractivity contribution is -0.288. The van der Waals surface area contributed by atoms with Crippen molar-refractivity contribution in [2.45, 2.75) is 76.8 Å². The Hall–Kier alpha value is -6.52. The number of rotatable bonds is 26. The van der Waals surface area contributed by atoms with Crippen molar-refractivity contribution in [1.29, 1.82) is 0 Å². The zero-order valence-electron chi connectivity index (χ0n) is 34.7. The average Bonchev–Trinajstić information content (AvgIpc) is 3.31. The summed E-state index contributed by atoms with van der Waals surface area (Å²) < 4.78 is 43.8. The molecule has 0 radical (unpaired) electrons. The number of unbranched alkanes of at least 4 members (excludes halogenated alkanes) is 8. The van der Waals surface area contributed by atoms with Gasteiger partial charge in [0.15, 0.2) is 23.1 Å². The zero-order chi connectivity index (χ0) is 43.8. The van der Waals surface area contributed by atoms with Gasteiger partial charge in [0.2, 0.25) is 0 Å². The van der Waals surface area contributed by atoms with E-state index in [1.165, 1.54) is 0 Å². The predicted octanol–water partition coefficient (Wildman–Crippen LogP) is 7.43. The lowest BCUT2D eigenvalue weighted by Gasteiger charge is -2.30. The molecule has 1 aliphatic heterocycles. The van der Waals surface area contributed by atoms with E-state index in [1.54, 1.807) is 73.3 Å². The molecule has 5 rings (SSSR count). The largest absolute Gasteiger partial charge is 0.490 e. The van der Waals surface area contributed by atoms with Crippen LogP contribution in [0.1, 0.15) is 84.9 Å². The molecule has 2 aromatic carbocycles. The second kappa shape index (κ2) is 26.0. The van der Waals surface area contributed by atoms with Gasteiger partial charge in [-0.05, 0) is 49.9 Å². The summed E-state index contributed by atoms with van der Waals surface area (Å²) in [5.41, 5.74) is 1.82. The molecule has 328 valence electrons. The summed E-state index contributed by atoms with van der Waals surface area (Å²) in [7, 11) is 0. The van der Waals surface area contributed by atoms with Crippen molar-refractivity contribution in [1.82, 2.24) is 19.9 Å². The molecule has 62 heavy (non-hydrogen) atoms. The van der Waals surface area contributed by atoms with Crippen LogP contribution in [0.4, 0.5) is 0 Å². The summed E-state index contributed by atoms with van der Waals surface area (Å²) in [6.07, 6.45) is 15.4. The van der Waals surface area contributed by atoms with Crippen molar-refractivity contribution in [3.63, 3.8) is 0 Å². The highest BCUT2D eigenvalue weighted by molar-refractivity contribution is 5.91. The topological polar surface area (TPSA) is 194 Å². The Morgan fingerprint density at radius 2 is 0.855 bits per heavy atom. The second-order valence-corrected chi connectivity index (χ2v) is 13.9. The number of carbonyl (C=O) groups is 4. The minimum Gasteiger partial charge on any atom is -0.490 e. The second-order valence-electron chi connectivity index (χ2n) is 13.9. The van der Waals surface area contributed by atoms with Crippen molar-refractivity contribution >= 4 is 23.9 Å². The van der Waals surface area contributed by atoms with Crippen LogP contribution in [0.15, 0.2) is 98.6 Å². The van der Waals surface area contributed by atoms with Gasteiger partial charge in [-0.3, -0.25) is 0 Å². The van der Waals surface area contributed by atoms with Gasteiger partial charge in [0.05, 0.1) is 75.6 Å². The van der Waals surface area contributed by atoms with Gasteiger partial charge in [-0.15, -0.1) is 0 Å². The van der Waals surface area contributed by atoms with Crippen LogP contribution < -0.4 is 9.47 Å². The van der Waals surface area contributed by atoms with E-state index in [0.29, 0.717) is 60.7 Å². The molecule has 0 amide bonds. The van der Waals surface area contributed by atoms with Crippen LogP contribution in [-0.2, 0) is 38.0 Å². The number of aromatic nitrogens is 4. The van der Waals surface area contributed by atoms with E-state index >= 15 is 0 Å². The van der Waals surface area contributed by atoms with Gasteiger partial charge in [-0.2, -0.15) is 0 Å². The maximum atomic E-state index is 13.1. The standard InChI is InChI=1S/C46H52N4O12/c1-3-39(51)57-25-13-9-5-7-11-23-55-37-29-47-41(48-30-37)33-15-19-35(20-16-33)43(53)61-45-46(60-28-27-59-45)62-44(54)36-21-17-34(18-22-36)42-49-31-38(32-50-42)56-24-12-8-6-10-14-26-58-40(52)4-2/h3-4,15-22,29-32,45-46H,1-2,5-14,23-28H2. The molecule has 1 fully saturated rings. The lowest BCUT2D eigenvalue weighted by Crippen LogP contribution is -2.44. The van der Waals surface area contributed by atoms with E-state index in [9.17, 15) is 19.2 Å². The molecule has 16 heteroatoms. The number of esters is 4. The highest BCUT2D eigenvalue weighted by atomic mass is 16.8. The highest BCUT2D eigenvalue weighted by Gasteiger charge is 2.34. The van der Waals surface area contributed by atoms with Gasteiger partial charge >= 0.3 is 23.9 Å². The van der Waals surface area contributed by atoms with Gasteiger partial charge in [-0.1, -0.05) is 75.9 Å². The summed E-state index contributed by atoms with van der Waals surface area (Å²) in [4.78, 5) is 65.9. The van der Waals surface area contributed by atoms with E-state index in [2.05, 4.69) is 33.1 Å². The molecule has 0 spiro atoms. The summed E-state index contributed by atoms with van der Waals surface area (Å²) in [6, 6.07) is 13.1. The first-order valence-corrected chi connectivity index (χ1v) is 20.7. The minimum absolute atomic E-state index is 0.134. The molecular weight excluding hydrogens is 801 g/mol. The van der Waals surface area contributed by atoms with Crippen molar-refractivity contribution in [2.24, 2.45) is 0 Å².